The second kappa shape index (κ2) is 10.6. The summed E-state index contributed by atoms with van der Waals surface area (Å²) in [6.45, 7) is 4.10. The van der Waals surface area contributed by atoms with Crippen LogP contribution in [0.2, 0.25) is 0 Å². The third-order valence-electron chi connectivity index (χ3n) is 5.48. The molecule has 1 heterocycles. The molecular formula is C27H25FN3O3P. The fourth-order valence-corrected chi connectivity index (χ4v) is 4.12. The molecule has 6 nitrogen and oxygen atoms in total. The molecule has 0 amide bonds. The lowest BCUT2D eigenvalue weighted by Crippen LogP contribution is -2.40. The number of allylic oxidation sites excluding steroid dienone is 2. The van der Waals surface area contributed by atoms with Crippen LogP contribution in [0.25, 0.3) is 11.6 Å². The van der Waals surface area contributed by atoms with Crippen LogP contribution >= 0.6 is 9.24 Å². The van der Waals surface area contributed by atoms with Gasteiger partial charge in [0.15, 0.2) is 0 Å². The van der Waals surface area contributed by atoms with Crippen molar-refractivity contribution in [3.05, 3.63) is 115 Å². The first-order chi connectivity index (χ1) is 16.8. The minimum Gasteiger partial charge on any atom is -0.508 e. The highest BCUT2D eigenvalue weighted by atomic mass is 31.0. The third-order valence-corrected chi connectivity index (χ3v) is 5.96. The van der Waals surface area contributed by atoms with Gasteiger partial charge in [-0.1, -0.05) is 49.1 Å². The second-order valence-corrected chi connectivity index (χ2v) is 8.74. The molecule has 8 heteroatoms. The Balaban J connectivity index is 1.47. The van der Waals surface area contributed by atoms with Crippen molar-refractivity contribution < 1.29 is 19.3 Å². The van der Waals surface area contributed by atoms with Crippen LogP contribution in [-0.4, -0.2) is 31.6 Å². The summed E-state index contributed by atoms with van der Waals surface area (Å²) < 4.78 is 21.1. The van der Waals surface area contributed by atoms with Crippen molar-refractivity contribution in [3.63, 3.8) is 0 Å². The number of benzene rings is 3. The first kappa shape index (κ1) is 24.3. The normalized spacial score (nSPS) is 13.0. The molecule has 178 valence electrons. The monoisotopic (exact) mass is 489 g/mol. The molecule has 4 aromatic rings. The van der Waals surface area contributed by atoms with Gasteiger partial charge in [-0.15, -0.1) is 9.24 Å². The highest BCUT2D eigenvalue weighted by Gasteiger charge is 2.33. The van der Waals surface area contributed by atoms with E-state index in [2.05, 4.69) is 25.9 Å². The second-order valence-electron chi connectivity index (χ2n) is 8.12. The van der Waals surface area contributed by atoms with Crippen molar-refractivity contribution in [2.24, 2.45) is 0 Å². The minimum absolute atomic E-state index is 0.0803. The van der Waals surface area contributed by atoms with Crippen LogP contribution in [0.5, 0.6) is 11.5 Å². The zero-order valence-electron chi connectivity index (χ0n) is 18.9. The molecule has 3 aromatic carbocycles. The number of halogens is 1. The summed E-state index contributed by atoms with van der Waals surface area (Å²) >= 11 is 0. The Morgan fingerprint density at radius 2 is 1.86 bits per heavy atom. The third kappa shape index (κ3) is 6.21. The Labute approximate surface area is 205 Å². The van der Waals surface area contributed by atoms with Gasteiger partial charge in [0, 0.05) is 0 Å². The van der Waals surface area contributed by atoms with E-state index in [1.807, 2.05) is 36.4 Å². The first-order valence-corrected chi connectivity index (χ1v) is 11.4. The van der Waals surface area contributed by atoms with E-state index in [-0.39, 0.29) is 18.9 Å². The van der Waals surface area contributed by atoms with E-state index >= 15 is 0 Å². The SMILES string of the molecule is C=C(/C=C/c1ccc(O)cc1)c1ccc(OCC(O)(Cn2cncn2)c2ccc(F)cc2P)cc1. The molecule has 2 N–H and O–H groups in total. The lowest BCUT2D eigenvalue weighted by molar-refractivity contribution is -0.0262. The summed E-state index contributed by atoms with van der Waals surface area (Å²) in [7, 11) is 2.46. The van der Waals surface area contributed by atoms with Crippen molar-refractivity contribution in [3.8, 4) is 11.5 Å². The van der Waals surface area contributed by atoms with E-state index in [9.17, 15) is 14.6 Å². The molecule has 1 aromatic heterocycles. The summed E-state index contributed by atoms with van der Waals surface area (Å²) in [5.74, 6) is 0.393. The molecule has 0 spiro atoms. The van der Waals surface area contributed by atoms with Crippen LogP contribution < -0.4 is 10.0 Å². The molecule has 4 rings (SSSR count). The van der Waals surface area contributed by atoms with Gasteiger partial charge in [-0.2, -0.15) is 5.10 Å². The Kier molecular flexibility index (Phi) is 7.39. The number of aromatic nitrogens is 3. The Morgan fingerprint density at radius 1 is 1.11 bits per heavy atom. The number of phenolic OH excluding ortho intramolecular Hbond substituents is 1. The van der Waals surface area contributed by atoms with Gasteiger partial charge in [0.2, 0.25) is 0 Å². The summed E-state index contributed by atoms with van der Waals surface area (Å²) in [5.41, 5.74) is 1.71. The van der Waals surface area contributed by atoms with Gasteiger partial charge >= 0.3 is 0 Å². The molecular weight excluding hydrogens is 464 g/mol. The van der Waals surface area contributed by atoms with Crippen molar-refractivity contribution >= 4 is 26.2 Å². The van der Waals surface area contributed by atoms with Crippen molar-refractivity contribution in [1.82, 2.24) is 14.8 Å². The highest BCUT2D eigenvalue weighted by Crippen LogP contribution is 2.26. The summed E-state index contributed by atoms with van der Waals surface area (Å²) in [4.78, 5) is 3.93. The summed E-state index contributed by atoms with van der Waals surface area (Å²) in [5, 5.41) is 25.5. The predicted octanol–water partition coefficient (Wildman–Crippen LogP) is 4.32. The quantitative estimate of drug-likeness (QED) is 0.271. The van der Waals surface area contributed by atoms with Gasteiger partial charge in [0.1, 0.15) is 42.2 Å². The number of phenols is 1. The van der Waals surface area contributed by atoms with Gasteiger partial charge in [-0.3, -0.25) is 0 Å². The van der Waals surface area contributed by atoms with Crippen LogP contribution in [0.3, 0.4) is 0 Å². The molecule has 0 aliphatic heterocycles. The maximum absolute atomic E-state index is 13.7. The standard InChI is InChI=1S/C27H25FN3O3P/c1-19(2-3-20-4-9-23(32)10-5-20)21-6-11-24(12-7-21)34-16-27(33,15-31-18-29-17-30-31)25-13-8-22(28)14-26(25)35/h2-14,17-18,32-33H,1,15-16,35H2/b3-2+. The van der Waals surface area contributed by atoms with E-state index in [0.29, 0.717) is 16.6 Å². The van der Waals surface area contributed by atoms with Crippen molar-refractivity contribution in [1.29, 1.82) is 0 Å². The maximum atomic E-state index is 13.7. The van der Waals surface area contributed by atoms with E-state index < -0.39 is 11.4 Å². The number of rotatable bonds is 9. The first-order valence-electron chi connectivity index (χ1n) is 10.8. The molecule has 0 fully saturated rings. The number of hydrogen-bond donors (Lipinski definition) is 2. The topological polar surface area (TPSA) is 80.4 Å². The van der Waals surface area contributed by atoms with E-state index in [4.69, 9.17) is 4.74 Å². The number of aromatic hydroxyl groups is 1. The largest absolute Gasteiger partial charge is 0.508 e. The molecule has 0 bridgehead atoms. The van der Waals surface area contributed by atoms with Crippen LogP contribution in [0.1, 0.15) is 16.7 Å². The van der Waals surface area contributed by atoms with Gasteiger partial charge in [0.25, 0.3) is 0 Å². The van der Waals surface area contributed by atoms with Crippen LogP contribution in [0.15, 0.2) is 92.0 Å². The molecule has 0 aliphatic carbocycles. The zero-order chi connectivity index (χ0) is 24.8. The van der Waals surface area contributed by atoms with Crippen LogP contribution in [0, 0.1) is 5.82 Å². The number of hydrogen-bond acceptors (Lipinski definition) is 5. The van der Waals surface area contributed by atoms with Crippen LogP contribution in [0.4, 0.5) is 4.39 Å². The molecule has 35 heavy (non-hydrogen) atoms. The number of ether oxygens (including phenoxy) is 1. The fraction of sp³-hybridized carbons (Fsp3) is 0.111. The average molecular weight is 489 g/mol. The molecule has 0 saturated heterocycles. The van der Waals surface area contributed by atoms with Crippen molar-refractivity contribution in [2.75, 3.05) is 6.61 Å². The van der Waals surface area contributed by atoms with Gasteiger partial charge < -0.3 is 14.9 Å². The Hall–Kier alpha value is -3.80. The lowest BCUT2D eigenvalue weighted by atomic mass is 9.94. The van der Waals surface area contributed by atoms with E-state index in [1.165, 1.54) is 29.5 Å². The Bertz CT molecular complexity index is 1320. The molecule has 2 unspecified atom stereocenters. The molecule has 0 radical (unpaired) electrons. The summed E-state index contributed by atoms with van der Waals surface area (Å²) in [6.07, 6.45) is 6.70. The smallest absolute Gasteiger partial charge is 0.144 e. The fourth-order valence-electron chi connectivity index (χ4n) is 3.59. The van der Waals surface area contributed by atoms with E-state index in [0.717, 1.165) is 16.7 Å². The van der Waals surface area contributed by atoms with E-state index in [1.54, 1.807) is 30.3 Å². The predicted molar refractivity (Wildman–Crippen MR) is 138 cm³/mol. The van der Waals surface area contributed by atoms with Gasteiger partial charge in [-0.05, 0) is 64.0 Å². The number of nitrogens with zero attached hydrogens (tertiary/aromatic N) is 3. The molecule has 2 atom stereocenters. The van der Waals surface area contributed by atoms with Crippen molar-refractivity contribution in [2.45, 2.75) is 12.1 Å². The van der Waals surface area contributed by atoms with Crippen LogP contribution in [-0.2, 0) is 12.1 Å². The van der Waals surface area contributed by atoms with Gasteiger partial charge in [0.05, 0.1) is 6.54 Å². The zero-order valence-corrected chi connectivity index (χ0v) is 20.0. The maximum Gasteiger partial charge on any atom is 0.144 e. The average Bonchev–Trinajstić information content (AvgIpc) is 3.35. The molecule has 0 saturated carbocycles. The molecule has 0 aliphatic rings. The minimum atomic E-state index is -1.48. The Morgan fingerprint density at radius 3 is 2.51 bits per heavy atom. The summed E-state index contributed by atoms with van der Waals surface area (Å²) in [6, 6.07) is 18.5. The van der Waals surface area contributed by atoms with Gasteiger partial charge in [-0.25, -0.2) is 14.1 Å². The lowest BCUT2D eigenvalue weighted by Gasteiger charge is -2.30. The highest BCUT2D eigenvalue weighted by molar-refractivity contribution is 7.27. The number of aliphatic hydroxyl groups is 1.